The van der Waals surface area contributed by atoms with Crippen LogP contribution in [0, 0.1) is 0 Å². The van der Waals surface area contributed by atoms with Gasteiger partial charge in [-0.25, -0.2) is 34.5 Å². The first-order valence-corrected chi connectivity index (χ1v) is 33.0. The average molecular weight is 1510 g/mol. The number of nitrogens with zero attached hydrogens (tertiary/aromatic N) is 11. The van der Waals surface area contributed by atoms with Gasteiger partial charge in [-0.05, 0) is 91.2 Å². The number of imidazole rings is 2. The van der Waals surface area contributed by atoms with E-state index in [2.05, 4.69) is 62.1 Å². The number of rotatable bonds is 19. The SMILES string of the molecule is CCOC(=O)CC1C=NC=N1.CCOC(=O)Cc1cn(Cc2ccc(Cl)cc2Cl)cn1.Clc1ccc(CBr)c(Cl)c1.Clc1ccc(C[N+]2=CC(CC3=Nc4nc(Cl)ccc4C3)N=C2)c(Cl)c1.Nc1nc(Cl)ccc1CC(=O)Cc1cn(Cc2ccc(Cl)cc2Cl)cn1. The van der Waals surface area contributed by atoms with E-state index in [1.807, 2.05) is 74.9 Å². The highest BCUT2D eigenvalue weighted by molar-refractivity contribution is 9.08. The van der Waals surface area contributed by atoms with Gasteiger partial charge in [-0.15, -0.1) is 0 Å². The molecule has 3 aliphatic rings. The van der Waals surface area contributed by atoms with Gasteiger partial charge in [0, 0.05) is 119 Å². The first-order chi connectivity index (χ1) is 44.1. The van der Waals surface area contributed by atoms with Gasteiger partial charge in [0.05, 0.1) is 62.6 Å². The second kappa shape index (κ2) is 37.0. The van der Waals surface area contributed by atoms with Crippen LogP contribution >= 0.6 is 132 Å². The van der Waals surface area contributed by atoms with Crippen molar-refractivity contribution in [1.29, 1.82) is 0 Å². The number of esters is 2. The number of ketones is 1. The van der Waals surface area contributed by atoms with Gasteiger partial charge in [0.15, 0.2) is 11.9 Å². The molecule has 11 rings (SSSR count). The van der Waals surface area contributed by atoms with E-state index in [4.69, 9.17) is 131 Å². The van der Waals surface area contributed by atoms with E-state index < -0.39 is 0 Å². The standard InChI is InChI=1S/C18H15Cl3N4O.C18H14Cl3N4.C14H14Cl2N2O2.C7H5BrCl2.C7H10N2O2/c19-13-3-1-12(16(20)6-13)8-25-9-14(23-10-25)7-15(26)5-11-2-4-17(21)24-18(11)22;19-13-3-1-12(16(20)6-13)8-25-9-15(22-10-25)7-14-5-11-2-4-17(21)24-18(11)23-14;1-2-20-14(19)6-12-8-18(9-17-12)7-10-3-4-11(15)5-13(10)16;8-4-5-1-2-6(9)3-7(5)10;1-2-11-7(10)3-6-4-8-5-9-6/h1-4,6,9-10H,5,7-8H2,(H2,22,24);1-4,6,9-10,15H,5,7-8H2;3-5,8-9H,2,6-7H2,1H3;1-3H,4H2;4-6H,2-3H2,1H3/q;+1;;;. The maximum atomic E-state index is 12.3. The van der Waals surface area contributed by atoms with Crippen molar-refractivity contribution in [3.63, 3.8) is 0 Å². The van der Waals surface area contributed by atoms with Gasteiger partial charge in [-0.3, -0.25) is 19.4 Å². The third-order valence-corrected chi connectivity index (χ3v) is 16.4. The number of benzene rings is 4. The summed E-state index contributed by atoms with van der Waals surface area (Å²) in [7, 11) is 0. The van der Waals surface area contributed by atoms with E-state index in [0.717, 1.165) is 57.5 Å². The van der Waals surface area contributed by atoms with Crippen LogP contribution in [0.15, 0.2) is 142 Å². The quantitative estimate of drug-likeness (QED) is 0.0350. The van der Waals surface area contributed by atoms with Gasteiger partial charge >= 0.3 is 11.9 Å². The number of carbonyl (C=O) groups is 3. The molecule has 2 unspecified atom stereocenters. The Balaban J connectivity index is 0.000000170. The molecule has 2 N–H and O–H groups in total. The maximum absolute atomic E-state index is 12.3. The van der Waals surface area contributed by atoms with Gasteiger partial charge in [-0.1, -0.05) is 173 Å². The number of hydrogen-bond acceptors (Lipinski definition) is 14. The van der Waals surface area contributed by atoms with E-state index in [-0.39, 0.29) is 54.9 Å². The van der Waals surface area contributed by atoms with Gasteiger partial charge in [0.1, 0.15) is 41.0 Å². The smallest absolute Gasteiger partial charge is 0.311 e. The Morgan fingerprint density at radius 3 is 1.66 bits per heavy atom. The molecule has 28 heteroatoms. The van der Waals surface area contributed by atoms with E-state index in [1.54, 1.807) is 87.3 Å². The van der Waals surface area contributed by atoms with Crippen molar-refractivity contribution in [1.82, 2.24) is 29.1 Å². The molecule has 0 aliphatic carbocycles. The number of aliphatic imine (C=N–C) groups is 4. The zero-order chi connectivity index (χ0) is 66.3. The van der Waals surface area contributed by atoms with Crippen molar-refractivity contribution in [2.45, 2.75) is 89.4 Å². The molecule has 0 radical (unpaired) electrons. The molecule has 17 nitrogen and oxygen atoms in total. The van der Waals surface area contributed by atoms with Crippen molar-refractivity contribution in [2.24, 2.45) is 20.0 Å². The van der Waals surface area contributed by atoms with Crippen molar-refractivity contribution >= 4 is 192 Å². The highest BCUT2D eigenvalue weighted by Gasteiger charge is 2.26. The zero-order valence-corrected chi connectivity index (χ0v) is 58.3. The average Bonchev–Trinajstić information content (AvgIpc) is 1.73. The fraction of sp³-hybridized carbons (Fsp3) is 0.250. The van der Waals surface area contributed by atoms with E-state index in [0.29, 0.717) is 107 Å². The monoisotopic (exact) mass is 1500 g/mol. The largest absolute Gasteiger partial charge is 0.466 e. The third kappa shape index (κ3) is 24.3. The van der Waals surface area contributed by atoms with Crippen LogP contribution in [-0.2, 0) is 74.5 Å². The third-order valence-electron chi connectivity index (χ3n) is 13.1. The number of anilines is 1. The summed E-state index contributed by atoms with van der Waals surface area (Å²) in [4.78, 5) is 67.9. The Bertz CT molecular complexity index is 4040. The molecule has 8 aromatic rings. The Labute approximate surface area is 590 Å². The Kier molecular flexibility index (Phi) is 29.4. The van der Waals surface area contributed by atoms with Crippen LogP contribution in [0.4, 0.5) is 11.6 Å². The molecule has 0 saturated carbocycles. The molecule has 2 atom stereocenters. The summed E-state index contributed by atoms with van der Waals surface area (Å²) in [5.41, 5.74) is 13.9. The summed E-state index contributed by atoms with van der Waals surface area (Å²) in [6, 6.07) is 28.8. The Hall–Kier alpha value is -6.26. The molecule has 0 amide bonds. The number of carbonyl (C=O) groups excluding carboxylic acids is 3. The first kappa shape index (κ1) is 73.2. The number of hydrogen-bond donors (Lipinski definition) is 1. The van der Waals surface area contributed by atoms with Gasteiger partial charge < -0.3 is 24.3 Å². The number of pyridine rings is 2. The minimum atomic E-state index is -0.276. The highest BCUT2D eigenvalue weighted by atomic mass is 79.9. The predicted octanol–water partition coefficient (Wildman–Crippen LogP) is 16.6. The van der Waals surface area contributed by atoms with Gasteiger partial charge in [-0.2, -0.15) is 0 Å². The Morgan fingerprint density at radius 2 is 1.13 bits per heavy atom. The second-order valence-corrected chi connectivity index (χ2v) is 24.9. The van der Waals surface area contributed by atoms with Crippen molar-refractivity contribution < 1.29 is 28.4 Å². The lowest BCUT2D eigenvalue weighted by Crippen LogP contribution is -2.15. The van der Waals surface area contributed by atoms with Crippen LogP contribution in [0.1, 0.15) is 71.5 Å². The van der Waals surface area contributed by atoms with E-state index in [1.165, 1.54) is 6.34 Å². The molecular weight excluding hydrogens is 1450 g/mol. The molecule has 92 heavy (non-hydrogen) atoms. The van der Waals surface area contributed by atoms with Gasteiger partial charge in [0.25, 0.3) is 6.34 Å². The molecule has 0 bridgehead atoms. The molecule has 0 saturated heterocycles. The lowest BCUT2D eigenvalue weighted by molar-refractivity contribution is -0.408. The molecule has 0 spiro atoms. The summed E-state index contributed by atoms with van der Waals surface area (Å²) in [6.07, 6.45) is 16.4. The zero-order valence-electron chi connectivity index (χ0n) is 49.2. The second-order valence-electron chi connectivity index (χ2n) is 20.2. The summed E-state index contributed by atoms with van der Waals surface area (Å²) in [6.45, 7) is 6.15. The van der Waals surface area contributed by atoms with Crippen LogP contribution in [0.3, 0.4) is 0 Å². The fourth-order valence-corrected chi connectivity index (χ4v) is 11.6. The number of Topliss-reactive ketones (excluding diaryl/α,β-unsaturated/α-hetero) is 1. The van der Waals surface area contributed by atoms with Crippen LogP contribution in [0.2, 0.25) is 50.5 Å². The van der Waals surface area contributed by atoms with Crippen molar-refractivity contribution in [3.8, 4) is 0 Å². The van der Waals surface area contributed by atoms with Crippen molar-refractivity contribution in [2.75, 3.05) is 18.9 Å². The molecule has 4 aromatic carbocycles. The number of halogens is 11. The molecule has 4 aromatic heterocycles. The number of nitrogens with two attached hydrogens (primary N) is 1. The Morgan fingerprint density at radius 1 is 0.609 bits per heavy atom. The van der Waals surface area contributed by atoms with Gasteiger partial charge in [0.2, 0.25) is 0 Å². The molecule has 480 valence electrons. The summed E-state index contributed by atoms with van der Waals surface area (Å²) in [5, 5.41) is 6.63. The normalized spacial score (nSPS) is 13.9. The van der Waals surface area contributed by atoms with E-state index >= 15 is 0 Å². The summed E-state index contributed by atoms with van der Waals surface area (Å²) in [5.74, 6) is 0.504. The molecular formula is C64H58BrCl10N12O5+. The first-order valence-electron chi connectivity index (χ1n) is 28.1. The fourth-order valence-electron chi connectivity index (χ4n) is 8.73. The lowest BCUT2D eigenvalue weighted by atomic mass is 10.1. The summed E-state index contributed by atoms with van der Waals surface area (Å²) < 4.78 is 15.4. The summed E-state index contributed by atoms with van der Waals surface area (Å²) >= 11 is 62.7. The topological polar surface area (TPSA) is 210 Å². The molecule has 3 aliphatic heterocycles. The number of nitrogen functional groups attached to an aromatic ring is 1. The maximum Gasteiger partial charge on any atom is 0.311 e. The highest BCUT2D eigenvalue weighted by Crippen LogP contribution is 2.29. The van der Waals surface area contributed by atoms with Crippen LogP contribution in [-0.4, -0.2) is 107 Å². The molecule has 7 heterocycles. The minimum Gasteiger partial charge on any atom is -0.466 e. The van der Waals surface area contributed by atoms with Crippen LogP contribution in [0.5, 0.6) is 0 Å². The lowest BCUT2D eigenvalue weighted by Gasteiger charge is -2.05. The number of alkyl halides is 1. The minimum absolute atomic E-state index is 0.00408. The van der Waals surface area contributed by atoms with Crippen LogP contribution < -0.4 is 5.73 Å². The van der Waals surface area contributed by atoms with E-state index in [9.17, 15) is 14.4 Å². The number of fused-ring (bicyclic) bond motifs is 1. The van der Waals surface area contributed by atoms with Crippen molar-refractivity contribution in [3.05, 3.63) is 217 Å². The predicted molar refractivity (Wildman–Crippen MR) is 377 cm³/mol. The molecule has 0 fully saturated rings. The van der Waals surface area contributed by atoms with Crippen LogP contribution in [0.25, 0.3) is 0 Å². The number of ether oxygens (including phenoxy) is 2. The number of aromatic nitrogens is 6.